The molecule has 0 amide bonds. The highest BCUT2D eigenvalue weighted by atomic mass is 79.9. The van der Waals surface area contributed by atoms with Gasteiger partial charge in [0.15, 0.2) is 0 Å². The van der Waals surface area contributed by atoms with E-state index in [1.807, 2.05) is 30.3 Å². The maximum Gasteiger partial charge on any atom is 0.149 e. The number of anilines is 1. The van der Waals surface area contributed by atoms with E-state index < -0.39 is 0 Å². The van der Waals surface area contributed by atoms with E-state index in [0.29, 0.717) is 0 Å². The topological polar surface area (TPSA) is 35.8 Å². The van der Waals surface area contributed by atoms with Crippen LogP contribution in [0, 0.1) is 11.3 Å². The zero-order valence-corrected chi connectivity index (χ0v) is 12.4. The van der Waals surface area contributed by atoms with E-state index in [-0.39, 0.29) is 6.04 Å². The van der Waals surface area contributed by atoms with Crippen LogP contribution < -0.4 is 5.32 Å². The molecule has 2 rings (SSSR count). The lowest BCUT2D eigenvalue weighted by Crippen LogP contribution is -2.07. The molecule has 0 aliphatic heterocycles. The van der Waals surface area contributed by atoms with E-state index in [2.05, 4.69) is 40.3 Å². The predicted molar refractivity (Wildman–Crippen MR) is 79.8 cm³/mol. The van der Waals surface area contributed by atoms with Crippen molar-refractivity contribution in [1.29, 1.82) is 5.26 Å². The molecule has 1 aromatic carbocycles. The van der Waals surface area contributed by atoms with Crippen LogP contribution in [0.1, 0.15) is 22.7 Å². The number of nitrogens with zero attached hydrogens (tertiary/aromatic N) is 1. The number of hydrogen-bond acceptors (Lipinski definition) is 3. The van der Waals surface area contributed by atoms with Gasteiger partial charge in [0, 0.05) is 19.9 Å². The van der Waals surface area contributed by atoms with Crippen molar-refractivity contribution >= 4 is 33.0 Å². The van der Waals surface area contributed by atoms with E-state index in [9.17, 15) is 5.26 Å². The summed E-state index contributed by atoms with van der Waals surface area (Å²) in [5, 5.41) is 12.5. The van der Waals surface area contributed by atoms with Crippen molar-refractivity contribution < 1.29 is 0 Å². The monoisotopic (exact) mass is 320 g/mol. The van der Waals surface area contributed by atoms with E-state index in [1.54, 1.807) is 11.3 Å². The van der Waals surface area contributed by atoms with Crippen molar-refractivity contribution in [3.05, 3.63) is 50.6 Å². The van der Waals surface area contributed by atoms with Crippen molar-refractivity contribution in [2.45, 2.75) is 19.4 Å². The average Bonchev–Trinajstić information content (AvgIpc) is 2.86. The molecule has 2 nitrogen and oxygen atoms in total. The molecule has 1 aromatic heterocycles. The van der Waals surface area contributed by atoms with Crippen molar-refractivity contribution in [2.75, 3.05) is 5.32 Å². The molecule has 0 spiro atoms. The van der Waals surface area contributed by atoms with Gasteiger partial charge in [0.1, 0.15) is 6.04 Å². The second kappa shape index (κ2) is 6.03. The Kier molecular flexibility index (Phi) is 4.40. The molecule has 1 unspecified atom stereocenters. The molecule has 0 aliphatic rings. The van der Waals surface area contributed by atoms with Gasteiger partial charge in [-0.15, -0.1) is 11.3 Å². The van der Waals surface area contributed by atoms with E-state index in [1.165, 1.54) is 4.88 Å². The van der Waals surface area contributed by atoms with Crippen LogP contribution in [0.3, 0.4) is 0 Å². The summed E-state index contributed by atoms with van der Waals surface area (Å²) in [6.07, 6.45) is 1.01. The minimum Gasteiger partial charge on any atom is -0.365 e. The third-order valence-electron chi connectivity index (χ3n) is 2.62. The molecule has 0 radical (unpaired) electrons. The SMILES string of the molecule is CCc1ccc(C(C#N)Nc2ccccc2Br)s1. The molecule has 1 atom stereocenters. The summed E-state index contributed by atoms with van der Waals surface area (Å²) in [5.41, 5.74) is 0.940. The summed E-state index contributed by atoms with van der Waals surface area (Å²) >= 11 is 5.17. The molecule has 0 fully saturated rings. The maximum absolute atomic E-state index is 9.29. The summed E-state index contributed by atoms with van der Waals surface area (Å²) in [5.74, 6) is 0. The molecule has 0 aliphatic carbocycles. The first-order valence-corrected chi connectivity index (χ1v) is 7.35. The highest BCUT2D eigenvalue weighted by Crippen LogP contribution is 2.29. The number of halogens is 1. The second-order valence-electron chi connectivity index (χ2n) is 3.84. The standard InChI is InChI=1S/C14H13BrN2S/c1-2-10-7-8-14(18-10)13(9-16)17-12-6-4-3-5-11(12)15/h3-8,13,17H,2H2,1H3. The molecule has 1 N–H and O–H groups in total. The van der Waals surface area contributed by atoms with Gasteiger partial charge < -0.3 is 5.32 Å². The number of rotatable bonds is 4. The van der Waals surface area contributed by atoms with Gasteiger partial charge in [-0.2, -0.15) is 5.26 Å². The number of thiophene rings is 1. The van der Waals surface area contributed by atoms with Gasteiger partial charge in [-0.05, 0) is 46.6 Å². The minimum atomic E-state index is -0.297. The molecule has 2 aromatic rings. The van der Waals surface area contributed by atoms with Crippen LogP contribution in [-0.2, 0) is 6.42 Å². The van der Waals surface area contributed by atoms with Crippen LogP contribution in [0.5, 0.6) is 0 Å². The first-order valence-electron chi connectivity index (χ1n) is 5.74. The van der Waals surface area contributed by atoms with Crippen LogP contribution in [0.2, 0.25) is 0 Å². The van der Waals surface area contributed by atoms with Gasteiger partial charge in [-0.25, -0.2) is 0 Å². The van der Waals surface area contributed by atoms with Crippen LogP contribution in [0.25, 0.3) is 0 Å². The zero-order chi connectivity index (χ0) is 13.0. The number of aryl methyl sites for hydroxylation is 1. The van der Waals surface area contributed by atoms with Crippen LogP contribution in [-0.4, -0.2) is 0 Å². The maximum atomic E-state index is 9.29. The molecule has 92 valence electrons. The average molecular weight is 321 g/mol. The first kappa shape index (κ1) is 13.1. The highest BCUT2D eigenvalue weighted by molar-refractivity contribution is 9.10. The number of hydrogen-bond donors (Lipinski definition) is 1. The summed E-state index contributed by atoms with van der Waals surface area (Å²) in [6.45, 7) is 2.12. The van der Waals surface area contributed by atoms with Gasteiger partial charge in [-0.3, -0.25) is 0 Å². The number of benzene rings is 1. The van der Waals surface area contributed by atoms with Crippen molar-refractivity contribution in [3.8, 4) is 6.07 Å². The summed E-state index contributed by atoms with van der Waals surface area (Å²) in [4.78, 5) is 2.37. The van der Waals surface area contributed by atoms with E-state index >= 15 is 0 Å². The fourth-order valence-electron chi connectivity index (χ4n) is 1.64. The van der Waals surface area contributed by atoms with E-state index in [4.69, 9.17) is 0 Å². The Labute approximate surface area is 119 Å². The zero-order valence-electron chi connectivity index (χ0n) is 9.98. The lowest BCUT2D eigenvalue weighted by Gasteiger charge is -2.12. The minimum absolute atomic E-state index is 0.297. The van der Waals surface area contributed by atoms with Crippen molar-refractivity contribution in [1.82, 2.24) is 0 Å². The van der Waals surface area contributed by atoms with Gasteiger partial charge >= 0.3 is 0 Å². The van der Waals surface area contributed by atoms with Gasteiger partial charge in [-0.1, -0.05) is 19.1 Å². The lowest BCUT2D eigenvalue weighted by atomic mass is 10.2. The Morgan fingerprint density at radius 2 is 2.11 bits per heavy atom. The van der Waals surface area contributed by atoms with Gasteiger partial charge in [0.05, 0.1) is 6.07 Å². The van der Waals surface area contributed by atoms with Gasteiger partial charge in [0.2, 0.25) is 0 Å². The van der Waals surface area contributed by atoms with Crippen molar-refractivity contribution in [3.63, 3.8) is 0 Å². The Morgan fingerprint density at radius 1 is 1.33 bits per heavy atom. The number of nitriles is 1. The number of para-hydroxylation sites is 1. The van der Waals surface area contributed by atoms with E-state index in [0.717, 1.165) is 21.5 Å². The molecule has 0 saturated carbocycles. The fourth-order valence-corrected chi connectivity index (χ4v) is 2.99. The lowest BCUT2D eigenvalue weighted by molar-refractivity contribution is 1.03. The third kappa shape index (κ3) is 2.92. The third-order valence-corrected chi connectivity index (χ3v) is 4.60. The smallest absolute Gasteiger partial charge is 0.149 e. The van der Waals surface area contributed by atoms with Crippen LogP contribution in [0.4, 0.5) is 5.69 Å². The molecule has 4 heteroatoms. The normalized spacial score (nSPS) is 11.8. The summed E-state index contributed by atoms with van der Waals surface area (Å²) < 4.78 is 0.970. The number of nitrogens with one attached hydrogen (secondary N) is 1. The summed E-state index contributed by atoms with van der Waals surface area (Å²) in [6, 6.07) is 14.0. The molecular formula is C14H13BrN2S. The van der Waals surface area contributed by atoms with Crippen LogP contribution in [0.15, 0.2) is 40.9 Å². The highest BCUT2D eigenvalue weighted by Gasteiger charge is 2.13. The fraction of sp³-hybridized carbons (Fsp3) is 0.214. The predicted octanol–water partition coefficient (Wildman–Crippen LogP) is 4.75. The Balaban J connectivity index is 2.20. The molecule has 1 heterocycles. The van der Waals surface area contributed by atoms with Gasteiger partial charge in [0.25, 0.3) is 0 Å². The second-order valence-corrected chi connectivity index (χ2v) is 5.90. The molecule has 0 saturated heterocycles. The molecule has 0 bridgehead atoms. The Morgan fingerprint density at radius 3 is 2.72 bits per heavy atom. The first-order chi connectivity index (χ1) is 8.74. The molecule has 18 heavy (non-hydrogen) atoms. The largest absolute Gasteiger partial charge is 0.365 e. The summed E-state index contributed by atoms with van der Waals surface area (Å²) in [7, 11) is 0. The van der Waals surface area contributed by atoms with Crippen molar-refractivity contribution in [2.24, 2.45) is 0 Å². The van der Waals surface area contributed by atoms with Crippen LogP contribution >= 0.6 is 27.3 Å². The molecular weight excluding hydrogens is 308 g/mol. The quantitative estimate of drug-likeness (QED) is 0.882. The Hall–Kier alpha value is -1.31. The Bertz CT molecular complexity index is 571.